The SMILES string of the molecule is COc1ccc(C)cc1-c1cc(C)ccc1C#N. The van der Waals surface area contributed by atoms with Crippen molar-refractivity contribution >= 4 is 0 Å². The Kier molecular flexibility index (Phi) is 3.34. The second kappa shape index (κ2) is 4.93. The van der Waals surface area contributed by atoms with E-state index in [9.17, 15) is 5.26 Å². The molecule has 0 aromatic heterocycles. The molecule has 0 saturated carbocycles. The summed E-state index contributed by atoms with van der Waals surface area (Å²) in [5.74, 6) is 0.794. The number of nitrogens with zero attached hydrogens (tertiary/aromatic N) is 1. The van der Waals surface area contributed by atoms with Gasteiger partial charge in [0.05, 0.1) is 18.7 Å². The Labute approximate surface area is 107 Å². The summed E-state index contributed by atoms with van der Waals surface area (Å²) in [4.78, 5) is 0. The normalized spacial score (nSPS) is 9.89. The van der Waals surface area contributed by atoms with E-state index in [1.54, 1.807) is 7.11 Å². The van der Waals surface area contributed by atoms with Crippen LogP contribution in [0.4, 0.5) is 0 Å². The smallest absolute Gasteiger partial charge is 0.126 e. The molecular weight excluding hydrogens is 222 g/mol. The summed E-state index contributed by atoms with van der Waals surface area (Å²) >= 11 is 0. The standard InChI is InChI=1S/C16H15NO/c1-11-4-6-13(10-17)14(8-11)15-9-12(2)5-7-16(15)18-3/h4-9H,1-3H3. The predicted molar refractivity (Wildman–Crippen MR) is 72.6 cm³/mol. The molecule has 0 aliphatic carbocycles. The van der Waals surface area contributed by atoms with Crippen molar-refractivity contribution in [2.24, 2.45) is 0 Å². The van der Waals surface area contributed by atoms with Crippen molar-refractivity contribution in [1.29, 1.82) is 5.26 Å². The third kappa shape index (κ3) is 2.21. The lowest BCUT2D eigenvalue weighted by molar-refractivity contribution is 0.416. The molecule has 0 aliphatic rings. The van der Waals surface area contributed by atoms with E-state index in [2.05, 4.69) is 12.1 Å². The van der Waals surface area contributed by atoms with Crippen LogP contribution in [0.1, 0.15) is 16.7 Å². The van der Waals surface area contributed by atoms with Crippen LogP contribution in [0.25, 0.3) is 11.1 Å². The van der Waals surface area contributed by atoms with Crippen molar-refractivity contribution in [3.8, 4) is 22.9 Å². The van der Waals surface area contributed by atoms with E-state index in [-0.39, 0.29) is 0 Å². The molecule has 0 spiro atoms. The molecule has 90 valence electrons. The van der Waals surface area contributed by atoms with E-state index in [0.717, 1.165) is 28.0 Å². The van der Waals surface area contributed by atoms with E-state index in [4.69, 9.17) is 4.74 Å². The maximum Gasteiger partial charge on any atom is 0.126 e. The molecule has 0 radical (unpaired) electrons. The van der Waals surface area contributed by atoms with Gasteiger partial charge in [0.25, 0.3) is 0 Å². The molecule has 2 nitrogen and oxygen atoms in total. The average Bonchev–Trinajstić information content (AvgIpc) is 2.38. The lowest BCUT2D eigenvalue weighted by Crippen LogP contribution is -1.92. The Morgan fingerprint density at radius 1 is 0.944 bits per heavy atom. The van der Waals surface area contributed by atoms with Crippen LogP contribution in [0.15, 0.2) is 36.4 Å². The van der Waals surface area contributed by atoms with E-state index in [1.807, 2.05) is 44.2 Å². The van der Waals surface area contributed by atoms with Gasteiger partial charge in [-0.05, 0) is 38.1 Å². The number of hydrogen-bond acceptors (Lipinski definition) is 2. The molecule has 0 amide bonds. The Hall–Kier alpha value is -2.27. The van der Waals surface area contributed by atoms with E-state index >= 15 is 0 Å². The topological polar surface area (TPSA) is 33.0 Å². The van der Waals surface area contributed by atoms with Gasteiger partial charge >= 0.3 is 0 Å². The largest absolute Gasteiger partial charge is 0.496 e. The highest BCUT2D eigenvalue weighted by Crippen LogP contribution is 2.33. The highest BCUT2D eigenvalue weighted by molar-refractivity contribution is 5.76. The summed E-state index contributed by atoms with van der Waals surface area (Å²) < 4.78 is 5.38. The van der Waals surface area contributed by atoms with Gasteiger partial charge in [0.15, 0.2) is 0 Å². The highest BCUT2D eigenvalue weighted by atomic mass is 16.5. The molecule has 2 aromatic rings. The number of hydrogen-bond donors (Lipinski definition) is 0. The number of benzene rings is 2. The van der Waals surface area contributed by atoms with Gasteiger partial charge in [-0.2, -0.15) is 5.26 Å². The first kappa shape index (κ1) is 12.2. The van der Waals surface area contributed by atoms with Crippen LogP contribution in [0, 0.1) is 25.2 Å². The molecule has 0 aliphatic heterocycles. The highest BCUT2D eigenvalue weighted by Gasteiger charge is 2.10. The lowest BCUT2D eigenvalue weighted by atomic mass is 9.96. The zero-order valence-electron chi connectivity index (χ0n) is 10.8. The molecule has 2 heteroatoms. The number of aryl methyl sites for hydroxylation is 2. The molecule has 18 heavy (non-hydrogen) atoms. The summed E-state index contributed by atoms with van der Waals surface area (Å²) in [7, 11) is 1.65. The van der Waals surface area contributed by atoms with Gasteiger partial charge < -0.3 is 4.74 Å². The van der Waals surface area contributed by atoms with Crippen LogP contribution in [-0.2, 0) is 0 Å². The molecule has 0 heterocycles. The number of ether oxygens (including phenoxy) is 1. The molecule has 0 fully saturated rings. The maximum atomic E-state index is 9.21. The van der Waals surface area contributed by atoms with Crippen LogP contribution in [0.3, 0.4) is 0 Å². The fourth-order valence-corrected chi connectivity index (χ4v) is 2.01. The van der Waals surface area contributed by atoms with Crippen molar-refractivity contribution in [2.45, 2.75) is 13.8 Å². The molecule has 0 unspecified atom stereocenters. The summed E-state index contributed by atoms with van der Waals surface area (Å²) in [5, 5.41) is 9.21. The van der Waals surface area contributed by atoms with Crippen LogP contribution in [-0.4, -0.2) is 7.11 Å². The summed E-state index contributed by atoms with van der Waals surface area (Å²) in [6, 6.07) is 14.1. The van der Waals surface area contributed by atoms with Crippen molar-refractivity contribution < 1.29 is 4.74 Å². The zero-order chi connectivity index (χ0) is 13.1. The molecule has 0 atom stereocenters. The first-order valence-corrected chi connectivity index (χ1v) is 5.81. The molecule has 0 bridgehead atoms. The molecule has 0 N–H and O–H groups in total. The van der Waals surface area contributed by atoms with E-state index in [0.29, 0.717) is 5.56 Å². The second-order valence-corrected chi connectivity index (χ2v) is 4.36. The van der Waals surface area contributed by atoms with Gasteiger partial charge in [0.1, 0.15) is 5.75 Å². The zero-order valence-corrected chi connectivity index (χ0v) is 10.8. The number of nitriles is 1. The molecule has 2 rings (SSSR count). The number of methoxy groups -OCH3 is 1. The minimum atomic E-state index is 0.671. The molecular formula is C16H15NO. The second-order valence-electron chi connectivity index (χ2n) is 4.36. The van der Waals surface area contributed by atoms with Crippen LogP contribution < -0.4 is 4.74 Å². The maximum absolute atomic E-state index is 9.21. The van der Waals surface area contributed by atoms with Crippen molar-refractivity contribution in [3.63, 3.8) is 0 Å². The monoisotopic (exact) mass is 237 g/mol. The van der Waals surface area contributed by atoms with Crippen LogP contribution >= 0.6 is 0 Å². The van der Waals surface area contributed by atoms with Gasteiger partial charge in [-0.25, -0.2) is 0 Å². The third-order valence-corrected chi connectivity index (χ3v) is 2.94. The average molecular weight is 237 g/mol. The first-order chi connectivity index (χ1) is 8.65. The van der Waals surface area contributed by atoms with Crippen LogP contribution in [0.2, 0.25) is 0 Å². The van der Waals surface area contributed by atoms with Gasteiger partial charge in [0.2, 0.25) is 0 Å². The van der Waals surface area contributed by atoms with Gasteiger partial charge in [-0.3, -0.25) is 0 Å². The van der Waals surface area contributed by atoms with E-state index in [1.165, 1.54) is 0 Å². The Morgan fingerprint density at radius 2 is 1.56 bits per heavy atom. The minimum Gasteiger partial charge on any atom is -0.496 e. The van der Waals surface area contributed by atoms with Gasteiger partial charge in [-0.1, -0.05) is 23.3 Å². The fraction of sp³-hybridized carbons (Fsp3) is 0.188. The Balaban J connectivity index is 2.72. The fourth-order valence-electron chi connectivity index (χ4n) is 2.01. The quantitative estimate of drug-likeness (QED) is 0.794. The first-order valence-electron chi connectivity index (χ1n) is 5.81. The van der Waals surface area contributed by atoms with Gasteiger partial charge in [0, 0.05) is 11.1 Å². The van der Waals surface area contributed by atoms with E-state index < -0.39 is 0 Å². The van der Waals surface area contributed by atoms with Crippen molar-refractivity contribution in [3.05, 3.63) is 53.1 Å². The van der Waals surface area contributed by atoms with Crippen molar-refractivity contribution in [1.82, 2.24) is 0 Å². The van der Waals surface area contributed by atoms with Crippen LogP contribution in [0.5, 0.6) is 5.75 Å². The minimum absolute atomic E-state index is 0.671. The molecule has 2 aromatic carbocycles. The lowest BCUT2D eigenvalue weighted by Gasteiger charge is -2.11. The van der Waals surface area contributed by atoms with Gasteiger partial charge in [-0.15, -0.1) is 0 Å². The van der Waals surface area contributed by atoms with Crippen molar-refractivity contribution in [2.75, 3.05) is 7.11 Å². The predicted octanol–water partition coefficient (Wildman–Crippen LogP) is 3.85. The summed E-state index contributed by atoms with van der Waals surface area (Å²) in [5.41, 5.74) is 4.85. The molecule has 0 saturated heterocycles. The summed E-state index contributed by atoms with van der Waals surface area (Å²) in [6.07, 6.45) is 0. The Bertz CT molecular complexity index is 623. The third-order valence-electron chi connectivity index (χ3n) is 2.94. The summed E-state index contributed by atoms with van der Waals surface area (Å²) in [6.45, 7) is 4.05. The number of rotatable bonds is 2. The Morgan fingerprint density at radius 3 is 2.17 bits per heavy atom.